The van der Waals surface area contributed by atoms with Crippen molar-refractivity contribution in [3.8, 4) is 5.88 Å². The third kappa shape index (κ3) is 5.27. The Hall–Kier alpha value is -2.48. The molecule has 0 unspecified atom stereocenters. The molecule has 0 amide bonds. The third-order valence-corrected chi connectivity index (χ3v) is 8.49. The number of aromatic amines is 1. The van der Waals surface area contributed by atoms with Crippen LogP contribution in [0.1, 0.15) is 37.8 Å². The van der Waals surface area contributed by atoms with Crippen LogP contribution in [0.25, 0.3) is 0 Å². The number of hydrogen-bond donors (Lipinski definition) is 3. The number of aliphatic hydroxyl groups is 1. The van der Waals surface area contributed by atoms with E-state index in [4.69, 9.17) is 9.47 Å². The molecule has 4 rings (SSSR count). The van der Waals surface area contributed by atoms with E-state index in [1.165, 1.54) is 7.11 Å². The van der Waals surface area contributed by atoms with Gasteiger partial charge in [-0.1, -0.05) is 6.42 Å². The largest absolute Gasteiger partial charge is 0.481 e. The number of aliphatic hydroxyl groups excluding tert-OH is 1. The highest BCUT2D eigenvalue weighted by Crippen LogP contribution is 2.38. The standard InChI is InChI=1S/C21H33N7O5S/c1-27(17-10-15-5-4-6-16(11-17)28(15)34(30,31)8-7-32-2)21-23-18(12-20(24-21)33-3)22-19-9-14(13-29)25-26-19/h9,12,15-17,29H,4-8,10-11,13H2,1-3H3,(H2,22,23,24,25,26)/t15-,16+,17+. The minimum atomic E-state index is -3.37. The van der Waals surface area contributed by atoms with Crippen LogP contribution in [0.5, 0.6) is 5.88 Å². The third-order valence-electron chi connectivity index (χ3n) is 6.57. The van der Waals surface area contributed by atoms with Gasteiger partial charge in [-0.3, -0.25) is 5.10 Å². The van der Waals surface area contributed by atoms with Crippen molar-refractivity contribution in [2.24, 2.45) is 0 Å². The van der Waals surface area contributed by atoms with Gasteiger partial charge in [0.15, 0.2) is 5.82 Å². The summed E-state index contributed by atoms with van der Waals surface area (Å²) in [6.07, 6.45) is 4.16. The average molecular weight is 496 g/mol. The fraction of sp³-hybridized carbons (Fsp3) is 0.667. The first-order valence-electron chi connectivity index (χ1n) is 11.4. The molecule has 2 aliphatic rings. The van der Waals surface area contributed by atoms with Crippen LogP contribution >= 0.6 is 0 Å². The number of methoxy groups -OCH3 is 2. The van der Waals surface area contributed by atoms with Crippen LogP contribution in [0.2, 0.25) is 0 Å². The molecular formula is C21H33N7O5S. The molecule has 2 fully saturated rings. The maximum Gasteiger partial charge on any atom is 0.230 e. The molecule has 2 saturated heterocycles. The van der Waals surface area contributed by atoms with Crippen LogP contribution < -0.4 is 15.0 Å². The van der Waals surface area contributed by atoms with E-state index in [9.17, 15) is 13.5 Å². The summed E-state index contributed by atoms with van der Waals surface area (Å²) in [4.78, 5) is 11.2. The fourth-order valence-electron chi connectivity index (χ4n) is 4.91. The number of rotatable bonds is 10. The molecule has 0 saturated carbocycles. The molecule has 34 heavy (non-hydrogen) atoms. The summed E-state index contributed by atoms with van der Waals surface area (Å²) in [5.41, 5.74) is 0.583. The zero-order valence-electron chi connectivity index (χ0n) is 19.8. The number of fused-ring (bicyclic) bond motifs is 2. The Morgan fingerprint density at radius 3 is 2.56 bits per heavy atom. The van der Waals surface area contributed by atoms with Gasteiger partial charge >= 0.3 is 0 Å². The van der Waals surface area contributed by atoms with Gasteiger partial charge in [-0.15, -0.1) is 0 Å². The number of aromatic nitrogens is 4. The van der Waals surface area contributed by atoms with Crippen LogP contribution in [0.4, 0.5) is 17.6 Å². The predicted molar refractivity (Wildman–Crippen MR) is 127 cm³/mol. The van der Waals surface area contributed by atoms with Crippen molar-refractivity contribution >= 4 is 27.6 Å². The Kier molecular flexibility index (Phi) is 7.55. The first kappa shape index (κ1) is 24.6. The summed E-state index contributed by atoms with van der Waals surface area (Å²) in [7, 11) is 1.63. The van der Waals surface area contributed by atoms with Gasteiger partial charge in [-0.05, 0) is 25.7 Å². The smallest absolute Gasteiger partial charge is 0.230 e. The highest BCUT2D eigenvalue weighted by molar-refractivity contribution is 7.89. The van der Waals surface area contributed by atoms with E-state index < -0.39 is 10.0 Å². The van der Waals surface area contributed by atoms with Crippen molar-refractivity contribution in [1.29, 1.82) is 0 Å². The lowest BCUT2D eigenvalue weighted by atomic mass is 9.83. The first-order valence-corrected chi connectivity index (χ1v) is 13.0. The normalized spacial score (nSPS) is 23.0. The highest BCUT2D eigenvalue weighted by Gasteiger charge is 2.45. The van der Waals surface area contributed by atoms with E-state index in [1.54, 1.807) is 23.5 Å². The summed E-state index contributed by atoms with van der Waals surface area (Å²) in [5, 5.41) is 19.2. The zero-order chi connectivity index (χ0) is 24.3. The van der Waals surface area contributed by atoms with E-state index in [1.807, 2.05) is 11.9 Å². The minimum Gasteiger partial charge on any atom is -0.481 e. The number of piperidine rings is 2. The minimum absolute atomic E-state index is 0.0101. The van der Waals surface area contributed by atoms with Gasteiger partial charge in [0, 0.05) is 44.4 Å². The van der Waals surface area contributed by atoms with Gasteiger partial charge in [0.25, 0.3) is 0 Å². The molecule has 3 atom stereocenters. The molecule has 0 aromatic carbocycles. The van der Waals surface area contributed by atoms with Crippen molar-refractivity contribution in [2.45, 2.75) is 56.8 Å². The Morgan fingerprint density at radius 2 is 1.94 bits per heavy atom. The van der Waals surface area contributed by atoms with Gasteiger partial charge < -0.3 is 24.8 Å². The van der Waals surface area contributed by atoms with Crippen LogP contribution in [0.15, 0.2) is 12.1 Å². The maximum absolute atomic E-state index is 13.0. The van der Waals surface area contributed by atoms with E-state index in [0.29, 0.717) is 42.0 Å². The SMILES string of the molecule is COCCS(=O)(=O)N1[C@@H]2CCC[C@H]1C[C@@H](N(C)c1nc(Nc3cc(CO)[nH]n3)cc(OC)n1)C2. The van der Waals surface area contributed by atoms with Gasteiger partial charge in [0.05, 0.1) is 31.8 Å². The van der Waals surface area contributed by atoms with Crippen LogP contribution in [-0.4, -0.2) is 89.7 Å². The molecule has 13 heteroatoms. The topological polar surface area (TPSA) is 146 Å². The first-order chi connectivity index (χ1) is 16.3. The Balaban J connectivity index is 1.53. The second-order valence-electron chi connectivity index (χ2n) is 8.77. The summed E-state index contributed by atoms with van der Waals surface area (Å²) < 4.78 is 38.1. The number of H-pyrrole nitrogens is 1. The number of nitrogens with zero attached hydrogens (tertiary/aromatic N) is 5. The van der Waals surface area contributed by atoms with Gasteiger partial charge in [-0.2, -0.15) is 19.4 Å². The summed E-state index contributed by atoms with van der Waals surface area (Å²) in [5.74, 6) is 1.92. The average Bonchev–Trinajstić information content (AvgIpc) is 3.28. The molecule has 12 nitrogen and oxygen atoms in total. The molecule has 2 aromatic rings. The van der Waals surface area contributed by atoms with E-state index >= 15 is 0 Å². The second-order valence-corrected chi connectivity index (χ2v) is 10.8. The van der Waals surface area contributed by atoms with Gasteiger partial charge in [0.1, 0.15) is 5.82 Å². The Morgan fingerprint density at radius 1 is 1.21 bits per heavy atom. The molecule has 3 N–H and O–H groups in total. The lowest BCUT2D eigenvalue weighted by Crippen LogP contribution is -2.59. The van der Waals surface area contributed by atoms with Crippen molar-refractivity contribution in [3.63, 3.8) is 0 Å². The van der Waals surface area contributed by atoms with Crippen molar-refractivity contribution < 1.29 is 23.0 Å². The lowest BCUT2D eigenvalue weighted by molar-refractivity contribution is 0.108. The summed E-state index contributed by atoms with van der Waals surface area (Å²) in [6.45, 7) is 0.0583. The second kappa shape index (κ2) is 10.4. The van der Waals surface area contributed by atoms with Crippen molar-refractivity contribution in [1.82, 2.24) is 24.5 Å². The Labute approximate surface area is 199 Å². The molecule has 4 heterocycles. The number of sulfonamides is 1. The summed E-state index contributed by atoms with van der Waals surface area (Å²) >= 11 is 0. The molecule has 188 valence electrons. The van der Waals surface area contributed by atoms with Gasteiger partial charge in [0.2, 0.25) is 21.9 Å². The number of hydrogen-bond acceptors (Lipinski definition) is 10. The maximum atomic E-state index is 13.0. The number of ether oxygens (including phenoxy) is 2. The molecule has 0 spiro atoms. The molecule has 2 aromatic heterocycles. The number of anilines is 3. The molecular weight excluding hydrogens is 462 g/mol. The molecule has 2 aliphatic heterocycles. The fourth-order valence-corrected chi connectivity index (χ4v) is 6.79. The molecule has 0 aliphatic carbocycles. The Bertz CT molecular complexity index is 1070. The number of nitrogens with one attached hydrogen (secondary N) is 2. The zero-order valence-corrected chi connectivity index (χ0v) is 20.6. The predicted octanol–water partition coefficient (Wildman–Crippen LogP) is 1.24. The highest BCUT2D eigenvalue weighted by atomic mass is 32.2. The lowest BCUT2D eigenvalue weighted by Gasteiger charge is -2.49. The summed E-state index contributed by atoms with van der Waals surface area (Å²) in [6, 6.07) is 3.39. The van der Waals surface area contributed by atoms with Crippen molar-refractivity contribution in [2.75, 3.05) is 43.8 Å². The van der Waals surface area contributed by atoms with Gasteiger partial charge in [-0.25, -0.2) is 8.42 Å². The van der Waals surface area contributed by atoms with Crippen LogP contribution in [-0.2, 0) is 21.4 Å². The van der Waals surface area contributed by atoms with E-state index in [2.05, 4.69) is 25.5 Å². The quantitative estimate of drug-likeness (QED) is 0.440. The van der Waals surface area contributed by atoms with E-state index in [-0.39, 0.29) is 37.1 Å². The molecule has 0 radical (unpaired) electrons. The molecule has 2 bridgehead atoms. The van der Waals surface area contributed by atoms with Crippen LogP contribution in [0, 0.1) is 0 Å². The van der Waals surface area contributed by atoms with Crippen molar-refractivity contribution in [3.05, 3.63) is 17.8 Å². The van der Waals surface area contributed by atoms with E-state index in [0.717, 1.165) is 19.3 Å². The van der Waals surface area contributed by atoms with Crippen LogP contribution in [0.3, 0.4) is 0 Å². The monoisotopic (exact) mass is 495 g/mol.